The zero-order valence-corrected chi connectivity index (χ0v) is 8.71. The molecule has 2 aromatic heterocycles. The normalized spacial score (nSPS) is 14.9. The van der Waals surface area contributed by atoms with Crippen LogP contribution < -0.4 is 5.73 Å². The second kappa shape index (κ2) is 3.99. The van der Waals surface area contributed by atoms with Gasteiger partial charge in [-0.1, -0.05) is 5.16 Å². The van der Waals surface area contributed by atoms with Crippen molar-refractivity contribution in [1.82, 2.24) is 25.3 Å². The number of nitrogens with zero attached hydrogens (tertiary/aromatic N) is 4. The molecule has 16 heavy (non-hydrogen) atoms. The van der Waals surface area contributed by atoms with Crippen LogP contribution in [0.15, 0.2) is 10.9 Å². The predicted molar refractivity (Wildman–Crippen MR) is 53.1 cm³/mol. The molecular weight excluding hydrogens is 212 g/mol. The summed E-state index contributed by atoms with van der Waals surface area (Å²) in [6.07, 6.45) is 1.55. The van der Waals surface area contributed by atoms with Gasteiger partial charge in [-0.25, -0.2) is 4.98 Å². The number of nitrogens with one attached hydrogen (secondary N) is 1. The van der Waals surface area contributed by atoms with Gasteiger partial charge in [-0.2, -0.15) is 10.1 Å². The summed E-state index contributed by atoms with van der Waals surface area (Å²) in [6, 6.07) is 0. The lowest BCUT2D eigenvalue weighted by Crippen LogP contribution is -2.36. The minimum absolute atomic E-state index is 0.118. The van der Waals surface area contributed by atoms with Gasteiger partial charge in [0.15, 0.2) is 5.82 Å². The molecule has 0 saturated carbocycles. The Morgan fingerprint density at radius 3 is 3.06 bits per heavy atom. The molecule has 2 rings (SSSR count). The molecule has 0 aliphatic heterocycles. The van der Waals surface area contributed by atoms with E-state index in [1.165, 1.54) is 6.33 Å². The third-order valence-electron chi connectivity index (χ3n) is 2.07. The number of aliphatic hydroxyl groups is 1. The Morgan fingerprint density at radius 2 is 2.44 bits per heavy atom. The molecule has 0 amide bonds. The van der Waals surface area contributed by atoms with Crippen molar-refractivity contribution < 1.29 is 9.63 Å². The van der Waals surface area contributed by atoms with Crippen molar-refractivity contribution in [2.45, 2.75) is 18.9 Å². The molecule has 86 valence electrons. The molecule has 4 N–H and O–H groups in total. The number of nitrogens with two attached hydrogens (primary N) is 1. The number of rotatable bonds is 4. The van der Waals surface area contributed by atoms with E-state index in [1.54, 1.807) is 6.92 Å². The predicted octanol–water partition coefficient (Wildman–Crippen LogP) is -0.893. The second-order valence-corrected chi connectivity index (χ2v) is 3.72. The standard InChI is InChI=1S/C8H12N6O2/c1-8(15,3-9)2-5-12-7(14-16-5)6-10-4-11-13-6/h4,15H,2-3,9H2,1H3,(H,10,11,13). The second-order valence-electron chi connectivity index (χ2n) is 3.72. The zero-order chi connectivity index (χ0) is 11.6. The summed E-state index contributed by atoms with van der Waals surface area (Å²) in [5.41, 5.74) is 4.34. The highest BCUT2D eigenvalue weighted by molar-refractivity contribution is 5.39. The van der Waals surface area contributed by atoms with E-state index in [2.05, 4.69) is 25.3 Å². The molecule has 0 fully saturated rings. The molecule has 1 unspecified atom stereocenters. The fourth-order valence-corrected chi connectivity index (χ4v) is 1.13. The summed E-state index contributed by atoms with van der Waals surface area (Å²) in [4.78, 5) is 7.94. The van der Waals surface area contributed by atoms with Crippen molar-refractivity contribution in [3.63, 3.8) is 0 Å². The van der Waals surface area contributed by atoms with Crippen LogP contribution in [-0.2, 0) is 6.42 Å². The largest absolute Gasteiger partial charge is 0.388 e. The van der Waals surface area contributed by atoms with Crippen molar-refractivity contribution in [2.24, 2.45) is 5.73 Å². The van der Waals surface area contributed by atoms with Crippen LogP contribution in [-0.4, -0.2) is 42.6 Å². The van der Waals surface area contributed by atoms with Crippen LogP contribution >= 0.6 is 0 Å². The molecule has 2 heterocycles. The molecule has 1 atom stereocenters. The molecule has 8 nitrogen and oxygen atoms in total. The van der Waals surface area contributed by atoms with Gasteiger partial charge in [0, 0.05) is 6.54 Å². The van der Waals surface area contributed by atoms with Crippen LogP contribution in [0.1, 0.15) is 12.8 Å². The minimum Gasteiger partial charge on any atom is -0.388 e. The maximum Gasteiger partial charge on any atom is 0.239 e. The topological polar surface area (TPSA) is 127 Å². The fourth-order valence-electron chi connectivity index (χ4n) is 1.13. The summed E-state index contributed by atoms with van der Waals surface area (Å²) >= 11 is 0. The first kappa shape index (κ1) is 10.7. The van der Waals surface area contributed by atoms with Gasteiger partial charge >= 0.3 is 0 Å². The molecule has 0 saturated heterocycles. The average molecular weight is 224 g/mol. The maximum atomic E-state index is 9.73. The van der Waals surface area contributed by atoms with Crippen molar-refractivity contribution in [3.05, 3.63) is 12.2 Å². The van der Waals surface area contributed by atoms with E-state index in [9.17, 15) is 5.11 Å². The smallest absolute Gasteiger partial charge is 0.239 e. The fraction of sp³-hybridized carbons (Fsp3) is 0.500. The third kappa shape index (κ3) is 2.23. The lowest BCUT2D eigenvalue weighted by atomic mass is 10.0. The maximum absolute atomic E-state index is 9.73. The Morgan fingerprint density at radius 1 is 1.62 bits per heavy atom. The van der Waals surface area contributed by atoms with Gasteiger partial charge < -0.3 is 15.4 Å². The van der Waals surface area contributed by atoms with Crippen LogP contribution in [0.4, 0.5) is 0 Å². The highest BCUT2D eigenvalue weighted by Crippen LogP contribution is 2.13. The average Bonchev–Trinajstić information content (AvgIpc) is 2.86. The van der Waals surface area contributed by atoms with Gasteiger partial charge in [-0.05, 0) is 6.92 Å². The first-order valence-corrected chi connectivity index (χ1v) is 4.71. The summed E-state index contributed by atoms with van der Waals surface area (Å²) < 4.78 is 4.96. The van der Waals surface area contributed by atoms with Gasteiger partial charge in [-0.15, -0.1) is 0 Å². The molecule has 0 aliphatic rings. The highest BCUT2D eigenvalue weighted by atomic mass is 16.5. The monoisotopic (exact) mass is 224 g/mol. The highest BCUT2D eigenvalue weighted by Gasteiger charge is 2.23. The number of H-pyrrole nitrogens is 1. The summed E-state index contributed by atoms with van der Waals surface area (Å²) in [6.45, 7) is 1.72. The molecule has 2 aromatic rings. The number of aromatic nitrogens is 5. The molecule has 0 aliphatic carbocycles. The van der Waals surface area contributed by atoms with Gasteiger partial charge in [0.05, 0.1) is 12.0 Å². The number of hydrogen-bond donors (Lipinski definition) is 3. The first-order chi connectivity index (χ1) is 7.61. The van der Waals surface area contributed by atoms with Crippen molar-refractivity contribution in [1.29, 1.82) is 0 Å². The van der Waals surface area contributed by atoms with E-state index in [-0.39, 0.29) is 13.0 Å². The lowest BCUT2D eigenvalue weighted by molar-refractivity contribution is 0.0610. The van der Waals surface area contributed by atoms with Gasteiger partial charge in [-0.3, -0.25) is 5.10 Å². The lowest BCUT2D eigenvalue weighted by Gasteiger charge is -2.17. The van der Waals surface area contributed by atoms with Crippen LogP contribution in [0.5, 0.6) is 0 Å². The Bertz CT molecular complexity index is 449. The summed E-state index contributed by atoms with van der Waals surface area (Å²) in [7, 11) is 0. The van der Waals surface area contributed by atoms with Gasteiger partial charge in [0.25, 0.3) is 0 Å². The van der Waals surface area contributed by atoms with E-state index in [0.717, 1.165) is 0 Å². The Hall–Kier alpha value is -1.80. The molecule has 8 heteroatoms. The Balaban J connectivity index is 2.14. The molecule has 0 aromatic carbocycles. The van der Waals surface area contributed by atoms with Crippen molar-refractivity contribution in [2.75, 3.05) is 6.54 Å². The van der Waals surface area contributed by atoms with E-state index in [1.807, 2.05) is 0 Å². The SMILES string of the molecule is CC(O)(CN)Cc1nc(-c2ncn[nH]2)no1. The zero-order valence-electron chi connectivity index (χ0n) is 8.71. The van der Waals surface area contributed by atoms with Crippen LogP contribution in [0.25, 0.3) is 11.6 Å². The molecule has 0 spiro atoms. The number of aromatic amines is 1. The van der Waals surface area contributed by atoms with Crippen molar-refractivity contribution in [3.8, 4) is 11.6 Å². The van der Waals surface area contributed by atoms with Crippen molar-refractivity contribution >= 4 is 0 Å². The van der Waals surface area contributed by atoms with E-state index < -0.39 is 5.60 Å². The van der Waals surface area contributed by atoms with Crippen LogP contribution in [0, 0.1) is 0 Å². The van der Waals surface area contributed by atoms with E-state index in [4.69, 9.17) is 10.3 Å². The summed E-state index contributed by atoms with van der Waals surface area (Å²) in [5, 5.41) is 19.7. The Kier molecular flexibility index (Phi) is 2.67. The molecule has 0 bridgehead atoms. The summed E-state index contributed by atoms with van der Waals surface area (Å²) in [5.74, 6) is 1.03. The minimum atomic E-state index is -1.05. The van der Waals surface area contributed by atoms with E-state index >= 15 is 0 Å². The third-order valence-corrected chi connectivity index (χ3v) is 2.07. The first-order valence-electron chi connectivity index (χ1n) is 4.71. The van der Waals surface area contributed by atoms with Crippen LogP contribution in [0.3, 0.4) is 0 Å². The molecule has 0 radical (unpaired) electrons. The Labute approximate surface area is 90.9 Å². The van der Waals surface area contributed by atoms with E-state index in [0.29, 0.717) is 17.5 Å². The molecular formula is C8H12N6O2. The van der Waals surface area contributed by atoms with Crippen LogP contribution in [0.2, 0.25) is 0 Å². The van der Waals surface area contributed by atoms with Gasteiger partial charge in [0.1, 0.15) is 6.33 Å². The number of hydrogen-bond acceptors (Lipinski definition) is 7. The van der Waals surface area contributed by atoms with Gasteiger partial charge in [0.2, 0.25) is 11.7 Å². The quantitative estimate of drug-likeness (QED) is 0.614.